The fraction of sp³-hybridized carbons (Fsp3) is 0.400. The van der Waals surface area contributed by atoms with Crippen LogP contribution < -0.4 is 4.74 Å². The van der Waals surface area contributed by atoms with Gasteiger partial charge in [0.25, 0.3) is 0 Å². The van der Waals surface area contributed by atoms with Crippen LogP contribution in [0, 0.1) is 0 Å². The minimum absolute atomic E-state index is 0.205. The highest BCUT2D eigenvalue weighted by Crippen LogP contribution is 2.11. The van der Waals surface area contributed by atoms with Crippen LogP contribution in [0.2, 0.25) is 0 Å². The molecule has 0 saturated carbocycles. The standard InChI is InChI=1S/C10H13O2/c1-10(2,11)8-12-9-6-4-3-5-7-9/h3-7H,8H2,1-2H3. The third-order valence-corrected chi connectivity index (χ3v) is 1.33. The summed E-state index contributed by atoms with van der Waals surface area (Å²) in [7, 11) is 0. The molecular formula is C10H13O2. The molecule has 1 aromatic carbocycles. The number of hydrogen-bond acceptors (Lipinski definition) is 1. The van der Waals surface area contributed by atoms with Crippen LogP contribution in [0.4, 0.5) is 0 Å². The lowest BCUT2D eigenvalue weighted by atomic mass is 10.2. The van der Waals surface area contributed by atoms with E-state index in [2.05, 4.69) is 0 Å². The van der Waals surface area contributed by atoms with Crippen LogP contribution in [0.5, 0.6) is 5.75 Å². The van der Waals surface area contributed by atoms with Gasteiger partial charge in [0.15, 0.2) is 0 Å². The molecule has 2 heteroatoms. The second kappa shape index (κ2) is 3.59. The molecular weight excluding hydrogens is 152 g/mol. The van der Waals surface area contributed by atoms with Crippen molar-refractivity contribution in [3.63, 3.8) is 0 Å². The fourth-order valence-electron chi connectivity index (χ4n) is 0.774. The summed E-state index contributed by atoms with van der Waals surface area (Å²) >= 11 is 0. The largest absolute Gasteiger partial charge is 0.490 e. The molecule has 0 bridgehead atoms. The predicted octanol–water partition coefficient (Wildman–Crippen LogP) is 2.27. The zero-order chi connectivity index (χ0) is 9.03. The summed E-state index contributed by atoms with van der Waals surface area (Å²) in [5.74, 6) is 0.751. The number of para-hydroxylation sites is 1. The minimum Gasteiger partial charge on any atom is -0.490 e. The van der Waals surface area contributed by atoms with E-state index in [1.54, 1.807) is 13.8 Å². The van der Waals surface area contributed by atoms with Crippen LogP contribution >= 0.6 is 0 Å². The number of benzene rings is 1. The second-order valence-corrected chi connectivity index (χ2v) is 3.36. The van der Waals surface area contributed by atoms with E-state index >= 15 is 0 Å². The fourth-order valence-corrected chi connectivity index (χ4v) is 0.774. The Labute approximate surface area is 72.8 Å². The Morgan fingerprint density at radius 2 is 1.83 bits per heavy atom. The normalized spacial score (nSPS) is 11.2. The van der Waals surface area contributed by atoms with Crippen LogP contribution in [0.1, 0.15) is 13.8 Å². The zero-order valence-corrected chi connectivity index (χ0v) is 7.41. The van der Waals surface area contributed by atoms with E-state index in [0.717, 1.165) is 5.75 Å². The van der Waals surface area contributed by atoms with E-state index in [-0.39, 0.29) is 6.61 Å². The maximum Gasteiger partial charge on any atom is 0.132 e. The predicted molar refractivity (Wildman–Crippen MR) is 46.7 cm³/mol. The topological polar surface area (TPSA) is 29.1 Å². The highest BCUT2D eigenvalue weighted by Gasteiger charge is 2.15. The molecule has 0 aliphatic heterocycles. The summed E-state index contributed by atoms with van der Waals surface area (Å²) in [5, 5.41) is 11.2. The Morgan fingerprint density at radius 1 is 1.25 bits per heavy atom. The Hall–Kier alpha value is -1.02. The molecule has 0 fully saturated rings. The van der Waals surface area contributed by atoms with Crippen molar-refractivity contribution in [2.45, 2.75) is 19.4 Å². The monoisotopic (exact) mass is 165 g/mol. The van der Waals surface area contributed by atoms with Gasteiger partial charge < -0.3 is 4.74 Å². The van der Waals surface area contributed by atoms with Crippen molar-refractivity contribution in [3.05, 3.63) is 30.3 Å². The molecule has 0 atom stereocenters. The smallest absolute Gasteiger partial charge is 0.132 e. The first-order valence-corrected chi connectivity index (χ1v) is 3.96. The van der Waals surface area contributed by atoms with Gasteiger partial charge in [-0.15, -0.1) is 0 Å². The molecule has 0 saturated heterocycles. The van der Waals surface area contributed by atoms with Gasteiger partial charge in [0.1, 0.15) is 18.0 Å². The molecule has 0 amide bonds. The average Bonchev–Trinajstić information content (AvgIpc) is 2.02. The highest BCUT2D eigenvalue weighted by molar-refractivity contribution is 5.20. The molecule has 1 aromatic rings. The van der Waals surface area contributed by atoms with Gasteiger partial charge in [0.2, 0.25) is 0 Å². The minimum atomic E-state index is -1.02. The third-order valence-electron chi connectivity index (χ3n) is 1.33. The molecule has 12 heavy (non-hydrogen) atoms. The summed E-state index contributed by atoms with van der Waals surface area (Å²) in [6.45, 7) is 3.42. The molecule has 0 heterocycles. The van der Waals surface area contributed by atoms with E-state index in [9.17, 15) is 5.11 Å². The van der Waals surface area contributed by atoms with Gasteiger partial charge in [0, 0.05) is 0 Å². The van der Waals surface area contributed by atoms with Crippen molar-refractivity contribution in [2.75, 3.05) is 6.61 Å². The highest BCUT2D eigenvalue weighted by atomic mass is 16.5. The van der Waals surface area contributed by atoms with Crippen molar-refractivity contribution in [1.82, 2.24) is 0 Å². The van der Waals surface area contributed by atoms with Crippen LogP contribution in [0.25, 0.3) is 0 Å². The lowest BCUT2D eigenvalue weighted by molar-refractivity contribution is -0.0321. The summed E-state index contributed by atoms with van der Waals surface area (Å²) in [6.07, 6.45) is 0. The maximum absolute atomic E-state index is 11.2. The molecule has 65 valence electrons. The van der Waals surface area contributed by atoms with Gasteiger partial charge in [-0.1, -0.05) is 18.2 Å². The molecule has 2 nitrogen and oxygen atoms in total. The zero-order valence-electron chi connectivity index (χ0n) is 7.41. The van der Waals surface area contributed by atoms with Crippen molar-refractivity contribution < 1.29 is 9.84 Å². The number of rotatable bonds is 3. The van der Waals surface area contributed by atoms with Crippen molar-refractivity contribution in [2.24, 2.45) is 0 Å². The first kappa shape index (κ1) is 9.07. The molecule has 0 aliphatic carbocycles. The summed E-state index contributed by atoms with van der Waals surface area (Å²) in [4.78, 5) is 0. The van der Waals surface area contributed by atoms with E-state index in [0.29, 0.717) is 0 Å². The first-order valence-electron chi connectivity index (χ1n) is 3.96. The van der Waals surface area contributed by atoms with E-state index in [1.807, 2.05) is 30.3 Å². The average molecular weight is 165 g/mol. The Bertz CT molecular complexity index is 223. The molecule has 0 unspecified atom stereocenters. The van der Waals surface area contributed by atoms with E-state index < -0.39 is 5.60 Å². The van der Waals surface area contributed by atoms with Crippen molar-refractivity contribution in [1.29, 1.82) is 0 Å². The van der Waals surface area contributed by atoms with Crippen molar-refractivity contribution in [3.8, 4) is 5.75 Å². The van der Waals surface area contributed by atoms with Crippen molar-refractivity contribution >= 4 is 0 Å². The number of ether oxygens (including phenoxy) is 1. The van der Waals surface area contributed by atoms with Gasteiger partial charge in [-0.3, -0.25) is 0 Å². The van der Waals surface area contributed by atoms with Gasteiger partial charge >= 0.3 is 0 Å². The molecule has 0 aliphatic rings. The number of hydrogen-bond donors (Lipinski definition) is 0. The van der Waals surface area contributed by atoms with E-state index in [1.165, 1.54) is 0 Å². The summed E-state index contributed by atoms with van der Waals surface area (Å²) < 4.78 is 5.26. The van der Waals surface area contributed by atoms with Gasteiger partial charge in [-0.05, 0) is 26.0 Å². The lowest BCUT2D eigenvalue weighted by Gasteiger charge is -2.14. The maximum atomic E-state index is 11.2. The summed E-state index contributed by atoms with van der Waals surface area (Å²) in [6, 6.07) is 9.35. The molecule has 1 rings (SSSR count). The Kier molecular flexibility index (Phi) is 2.71. The van der Waals surface area contributed by atoms with Crippen LogP contribution in [0.3, 0.4) is 0 Å². The SMILES string of the molecule is CC(C)([O])COc1ccccc1. The second-order valence-electron chi connectivity index (χ2n) is 3.36. The van der Waals surface area contributed by atoms with Gasteiger partial charge in [-0.2, -0.15) is 0 Å². The van der Waals surface area contributed by atoms with Gasteiger partial charge in [0.05, 0.1) is 0 Å². The quantitative estimate of drug-likeness (QED) is 0.675. The van der Waals surface area contributed by atoms with Crippen LogP contribution in [-0.4, -0.2) is 12.2 Å². The van der Waals surface area contributed by atoms with E-state index in [4.69, 9.17) is 4.74 Å². The summed E-state index contributed by atoms with van der Waals surface area (Å²) in [5.41, 5.74) is -1.02. The Balaban J connectivity index is 2.44. The van der Waals surface area contributed by atoms with Crippen LogP contribution in [0.15, 0.2) is 30.3 Å². The van der Waals surface area contributed by atoms with Crippen LogP contribution in [-0.2, 0) is 5.11 Å². The molecule has 0 spiro atoms. The van der Waals surface area contributed by atoms with Gasteiger partial charge in [-0.25, -0.2) is 5.11 Å². The lowest BCUT2D eigenvalue weighted by Crippen LogP contribution is -2.26. The third kappa shape index (κ3) is 3.39. The molecule has 0 N–H and O–H groups in total. The molecule has 0 aromatic heterocycles. The Morgan fingerprint density at radius 3 is 2.33 bits per heavy atom. The first-order chi connectivity index (χ1) is 5.58. The molecule has 1 radical (unpaired) electrons.